The van der Waals surface area contributed by atoms with Crippen LogP contribution >= 0.6 is 22.9 Å². The van der Waals surface area contributed by atoms with Gasteiger partial charge in [-0.25, -0.2) is 13.2 Å². The fourth-order valence-corrected chi connectivity index (χ4v) is 8.17. The number of thiophene rings is 1. The molecule has 11 heteroatoms. The second kappa shape index (κ2) is 11.4. The average molecular weight is 610 g/mol. The Kier molecular flexibility index (Phi) is 7.74. The fraction of sp³-hybridized carbons (Fsp3) is 0.267. The van der Waals surface area contributed by atoms with Gasteiger partial charge in [0, 0.05) is 35.9 Å². The summed E-state index contributed by atoms with van der Waals surface area (Å²) in [6.07, 6.45) is 0.768. The van der Waals surface area contributed by atoms with Gasteiger partial charge in [-0.3, -0.25) is 4.79 Å². The second-order valence-electron chi connectivity index (χ2n) is 10.3. The molecule has 1 atom stereocenters. The van der Waals surface area contributed by atoms with E-state index in [-0.39, 0.29) is 22.8 Å². The van der Waals surface area contributed by atoms with Crippen molar-refractivity contribution in [3.63, 3.8) is 0 Å². The lowest BCUT2D eigenvalue weighted by Crippen LogP contribution is -2.41. The molecule has 8 nitrogen and oxygen atoms in total. The maximum atomic E-state index is 13.2. The van der Waals surface area contributed by atoms with Crippen LogP contribution in [0.1, 0.15) is 28.7 Å². The van der Waals surface area contributed by atoms with Crippen LogP contribution < -0.4 is 4.72 Å². The number of benzene rings is 3. The third-order valence-corrected chi connectivity index (χ3v) is 10.7. The number of halogens is 1. The van der Waals surface area contributed by atoms with E-state index in [4.69, 9.17) is 16.3 Å². The van der Waals surface area contributed by atoms with Crippen molar-refractivity contribution in [2.45, 2.75) is 42.8 Å². The first-order chi connectivity index (χ1) is 19.7. The number of fused-ring (bicyclic) bond motifs is 2. The van der Waals surface area contributed by atoms with Crippen molar-refractivity contribution >= 4 is 55.0 Å². The summed E-state index contributed by atoms with van der Waals surface area (Å²) in [5, 5.41) is 1.32. The maximum Gasteiger partial charge on any atom is 0.410 e. The van der Waals surface area contributed by atoms with Crippen molar-refractivity contribution in [1.82, 2.24) is 14.5 Å². The van der Waals surface area contributed by atoms with Gasteiger partial charge in [0.25, 0.3) is 10.0 Å². The number of carbonyl (C=O) groups excluding carboxylic acids is 2. The number of nitrogens with one attached hydrogen (secondary N) is 1. The molecule has 6 rings (SSSR count). The number of hydrogen-bond acceptors (Lipinski definition) is 6. The molecule has 0 spiro atoms. The summed E-state index contributed by atoms with van der Waals surface area (Å²) in [4.78, 5) is 29.2. The highest BCUT2D eigenvalue weighted by Gasteiger charge is 2.35. The molecular weight excluding hydrogens is 582 g/mol. The lowest BCUT2D eigenvalue weighted by atomic mass is 9.97. The van der Waals surface area contributed by atoms with Crippen molar-refractivity contribution in [2.24, 2.45) is 0 Å². The van der Waals surface area contributed by atoms with Crippen molar-refractivity contribution in [3.8, 4) is 0 Å². The highest BCUT2D eigenvalue weighted by Crippen LogP contribution is 2.31. The molecule has 41 heavy (non-hydrogen) atoms. The van der Waals surface area contributed by atoms with Crippen LogP contribution in [0.25, 0.3) is 10.1 Å². The molecule has 212 valence electrons. The zero-order valence-electron chi connectivity index (χ0n) is 22.1. The van der Waals surface area contributed by atoms with E-state index in [0.29, 0.717) is 37.6 Å². The summed E-state index contributed by atoms with van der Waals surface area (Å²) in [7, 11) is -3.87. The quantitative estimate of drug-likeness (QED) is 0.306. The molecule has 2 aliphatic rings. The highest BCUT2D eigenvalue weighted by molar-refractivity contribution is 7.91. The van der Waals surface area contributed by atoms with Gasteiger partial charge >= 0.3 is 6.09 Å². The molecule has 4 aromatic rings. The second-order valence-corrected chi connectivity index (χ2v) is 13.7. The Morgan fingerprint density at radius 2 is 1.83 bits per heavy atom. The Hall–Kier alpha value is -3.44. The molecule has 0 saturated carbocycles. The SMILES string of the molecule is O=C(OCc1ccccc1)N1CCc2ccc(CN3CCC(NS(=O)(=O)c4cc5ccc(Cl)cc5s4)C3=O)cc2C1. The molecule has 1 fully saturated rings. The van der Waals surface area contributed by atoms with Crippen molar-refractivity contribution < 1.29 is 22.7 Å². The Balaban J connectivity index is 1.07. The summed E-state index contributed by atoms with van der Waals surface area (Å²) in [5.41, 5.74) is 4.06. The van der Waals surface area contributed by atoms with Crippen molar-refractivity contribution in [1.29, 1.82) is 0 Å². The van der Waals surface area contributed by atoms with Gasteiger partial charge in [-0.15, -0.1) is 11.3 Å². The van der Waals surface area contributed by atoms with Crippen molar-refractivity contribution in [3.05, 3.63) is 100 Å². The first-order valence-electron chi connectivity index (χ1n) is 13.3. The van der Waals surface area contributed by atoms with E-state index in [1.807, 2.05) is 48.5 Å². The largest absolute Gasteiger partial charge is 0.445 e. The molecule has 2 aliphatic heterocycles. The number of amides is 2. The van der Waals surface area contributed by atoms with Crippen LogP contribution in [0.15, 0.2) is 77.0 Å². The van der Waals surface area contributed by atoms with E-state index in [0.717, 1.165) is 44.5 Å². The van der Waals surface area contributed by atoms with E-state index in [9.17, 15) is 18.0 Å². The lowest BCUT2D eigenvalue weighted by Gasteiger charge is -2.29. The molecule has 3 heterocycles. The molecular formula is C30H28ClN3O5S2. The zero-order chi connectivity index (χ0) is 28.6. The van der Waals surface area contributed by atoms with Gasteiger partial charge in [-0.2, -0.15) is 4.72 Å². The van der Waals surface area contributed by atoms with Crippen LogP contribution in [0.3, 0.4) is 0 Å². The first-order valence-corrected chi connectivity index (χ1v) is 16.0. The number of ether oxygens (including phenoxy) is 1. The fourth-order valence-electron chi connectivity index (χ4n) is 5.26. The van der Waals surface area contributed by atoms with Crippen LogP contribution in [0, 0.1) is 0 Å². The maximum absolute atomic E-state index is 13.2. The summed E-state index contributed by atoms with van der Waals surface area (Å²) in [6, 6.07) is 21.7. The van der Waals surface area contributed by atoms with E-state index >= 15 is 0 Å². The standard InChI is InChI=1S/C30H28ClN3O5S2/c31-25-9-8-23-15-28(40-27(23)16-25)41(37,38)32-26-11-13-33(29(26)35)17-21-6-7-22-10-12-34(18-24(22)14-21)30(36)39-19-20-4-2-1-3-5-20/h1-9,14-16,26,32H,10-13,17-19H2. The Morgan fingerprint density at radius 1 is 1.00 bits per heavy atom. The van der Waals surface area contributed by atoms with Gasteiger partial charge in [0.2, 0.25) is 5.91 Å². The Labute approximate surface area is 247 Å². The molecule has 1 aromatic heterocycles. The molecule has 2 amide bonds. The molecule has 0 bridgehead atoms. The molecule has 0 aliphatic carbocycles. The number of hydrogen-bond donors (Lipinski definition) is 1. The minimum atomic E-state index is -3.87. The lowest BCUT2D eigenvalue weighted by molar-refractivity contribution is -0.129. The number of carbonyl (C=O) groups is 2. The van der Waals surface area contributed by atoms with Crippen LogP contribution in [0.4, 0.5) is 4.79 Å². The van der Waals surface area contributed by atoms with E-state index in [1.54, 1.807) is 34.1 Å². The van der Waals surface area contributed by atoms with Gasteiger partial charge in [-0.05, 0) is 58.7 Å². The van der Waals surface area contributed by atoms with Crippen LogP contribution in [-0.2, 0) is 45.7 Å². The predicted molar refractivity (Wildman–Crippen MR) is 158 cm³/mol. The van der Waals surface area contributed by atoms with Crippen LogP contribution in [0.2, 0.25) is 5.02 Å². The predicted octanol–water partition coefficient (Wildman–Crippen LogP) is 5.33. The normalized spacial score (nSPS) is 17.2. The van der Waals surface area contributed by atoms with Crippen LogP contribution in [0.5, 0.6) is 0 Å². The van der Waals surface area contributed by atoms with E-state index < -0.39 is 16.1 Å². The first kappa shape index (κ1) is 27.7. The highest BCUT2D eigenvalue weighted by atomic mass is 35.5. The van der Waals surface area contributed by atoms with Gasteiger partial charge in [0.05, 0.1) is 0 Å². The molecule has 1 saturated heterocycles. The zero-order valence-corrected chi connectivity index (χ0v) is 24.5. The van der Waals surface area contributed by atoms with Crippen molar-refractivity contribution in [2.75, 3.05) is 13.1 Å². The topological polar surface area (TPSA) is 96.0 Å². The molecule has 1 unspecified atom stereocenters. The third kappa shape index (κ3) is 6.11. The van der Waals surface area contributed by atoms with Gasteiger partial charge in [-0.1, -0.05) is 66.2 Å². The Morgan fingerprint density at radius 3 is 2.66 bits per heavy atom. The molecule has 0 radical (unpaired) electrons. The summed E-state index contributed by atoms with van der Waals surface area (Å²) >= 11 is 7.17. The summed E-state index contributed by atoms with van der Waals surface area (Å²) in [6.45, 7) is 2.06. The number of likely N-dealkylation sites (tertiary alicyclic amines) is 1. The van der Waals surface area contributed by atoms with Gasteiger partial charge in [0.1, 0.15) is 16.9 Å². The monoisotopic (exact) mass is 609 g/mol. The van der Waals surface area contributed by atoms with E-state index in [1.165, 1.54) is 5.56 Å². The average Bonchev–Trinajstić information content (AvgIpc) is 3.55. The minimum Gasteiger partial charge on any atom is -0.445 e. The minimum absolute atomic E-state index is 0.155. The number of rotatable bonds is 7. The van der Waals surface area contributed by atoms with Crippen LogP contribution in [-0.4, -0.2) is 49.3 Å². The van der Waals surface area contributed by atoms with E-state index in [2.05, 4.69) is 4.72 Å². The number of nitrogens with zero attached hydrogens (tertiary/aromatic N) is 2. The summed E-state index contributed by atoms with van der Waals surface area (Å²) < 4.78 is 35.2. The smallest absolute Gasteiger partial charge is 0.410 e. The van der Waals surface area contributed by atoms with Gasteiger partial charge in [0.15, 0.2) is 0 Å². The Bertz CT molecular complexity index is 1720. The van der Waals surface area contributed by atoms with Gasteiger partial charge < -0.3 is 14.5 Å². The number of sulfonamides is 1. The molecule has 3 aromatic carbocycles. The molecule has 1 N–H and O–H groups in total. The summed E-state index contributed by atoms with van der Waals surface area (Å²) in [5.74, 6) is -0.249. The third-order valence-electron chi connectivity index (χ3n) is 7.44.